The smallest absolute Gasteiger partial charge is 0.233 e. The Labute approximate surface area is 99.5 Å². The van der Waals surface area contributed by atoms with Crippen LogP contribution in [0.4, 0.5) is 0 Å². The van der Waals surface area contributed by atoms with Crippen molar-refractivity contribution < 1.29 is 9.59 Å². The van der Waals surface area contributed by atoms with E-state index in [4.69, 9.17) is 5.26 Å². The summed E-state index contributed by atoms with van der Waals surface area (Å²) in [6.07, 6.45) is 0.198. The summed E-state index contributed by atoms with van der Waals surface area (Å²) in [5.74, 6) is -0.842. The topological polar surface area (TPSA) is 61.2 Å². The third-order valence-electron chi connectivity index (χ3n) is 2.90. The van der Waals surface area contributed by atoms with Gasteiger partial charge in [-0.05, 0) is 5.56 Å². The third kappa shape index (κ3) is 1.92. The van der Waals surface area contributed by atoms with E-state index in [0.29, 0.717) is 5.56 Å². The van der Waals surface area contributed by atoms with Crippen molar-refractivity contribution in [1.82, 2.24) is 4.90 Å². The summed E-state index contributed by atoms with van der Waals surface area (Å²) >= 11 is 0. The number of hydrogen-bond acceptors (Lipinski definition) is 3. The lowest BCUT2D eigenvalue weighted by atomic mass is 10.1. The van der Waals surface area contributed by atoms with Crippen LogP contribution in [0.3, 0.4) is 0 Å². The highest BCUT2D eigenvalue weighted by molar-refractivity contribution is 6.04. The fraction of sp³-hybridized carbons (Fsp3) is 0.308. The fourth-order valence-corrected chi connectivity index (χ4v) is 2.00. The Bertz CT molecular complexity index is 490. The van der Waals surface area contributed by atoms with Gasteiger partial charge in [0.15, 0.2) is 6.04 Å². The van der Waals surface area contributed by atoms with Gasteiger partial charge < -0.3 is 0 Å². The lowest BCUT2D eigenvalue weighted by molar-refractivity contribution is -0.140. The summed E-state index contributed by atoms with van der Waals surface area (Å²) in [5.41, 5.74) is 0.672. The molecule has 17 heavy (non-hydrogen) atoms. The number of nitriles is 1. The molecule has 4 heteroatoms. The Morgan fingerprint density at radius 2 is 2.00 bits per heavy atom. The second-order valence-corrected chi connectivity index (χ2v) is 4.15. The van der Waals surface area contributed by atoms with E-state index in [9.17, 15) is 9.59 Å². The summed E-state index contributed by atoms with van der Waals surface area (Å²) in [5, 5.41) is 9.17. The first-order valence-corrected chi connectivity index (χ1v) is 5.45. The van der Waals surface area contributed by atoms with E-state index in [-0.39, 0.29) is 24.2 Å². The zero-order chi connectivity index (χ0) is 12.4. The average Bonchev–Trinajstić information content (AvgIpc) is 2.58. The van der Waals surface area contributed by atoms with E-state index in [2.05, 4.69) is 0 Å². The molecule has 1 heterocycles. The van der Waals surface area contributed by atoms with Crippen LogP contribution in [0.15, 0.2) is 30.3 Å². The Morgan fingerprint density at radius 1 is 1.35 bits per heavy atom. The summed E-state index contributed by atoms with van der Waals surface area (Å²) in [4.78, 5) is 24.6. The Balaban J connectivity index is 2.35. The minimum atomic E-state index is -0.804. The van der Waals surface area contributed by atoms with Gasteiger partial charge >= 0.3 is 0 Å². The number of hydrogen-bond donors (Lipinski definition) is 0. The zero-order valence-corrected chi connectivity index (χ0v) is 9.46. The Morgan fingerprint density at radius 3 is 2.47 bits per heavy atom. The first-order chi connectivity index (χ1) is 8.15. The number of imide groups is 1. The van der Waals surface area contributed by atoms with Gasteiger partial charge in [-0.15, -0.1) is 0 Å². The van der Waals surface area contributed by atoms with Crippen LogP contribution >= 0.6 is 0 Å². The van der Waals surface area contributed by atoms with Crippen LogP contribution in [0.5, 0.6) is 0 Å². The van der Waals surface area contributed by atoms with Gasteiger partial charge in [0.1, 0.15) is 0 Å². The molecule has 86 valence electrons. The maximum Gasteiger partial charge on any atom is 0.233 e. The molecule has 2 amide bonds. The molecule has 1 saturated heterocycles. The lowest BCUT2D eigenvalue weighted by Crippen LogP contribution is -2.33. The highest BCUT2D eigenvalue weighted by Crippen LogP contribution is 2.29. The van der Waals surface area contributed by atoms with Crippen molar-refractivity contribution in [1.29, 1.82) is 5.26 Å². The average molecular weight is 228 g/mol. The van der Waals surface area contributed by atoms with E-state index in [1.807, 2.05) is 12.1 Å². The van der Waals surface area contributed by atoms with Crippen molar-refractivity contribution in [2.24, 2.45) is 5.92 Å². The van der Waals surface area contributed by atoms with E-state index >= 15 is 0 Å². The molecule has 1 aromatic rings. The summed E-state index contributed by atoms with van der Waals surface area (Å²) < 4.78 is 0. The molecule has 0 aromatic heterocycles. The number of likely N-dealkylation sites (tertiary alicyclic amines) is 1. The number of nitrogens with zero attached hydrogens (tertiary/aromatic N) is 2. The van der Waals surface area contributed by atoms with Crippen LogP contribution < -0.4 is 0 Å². The van der Waals surface area contributed by atoms with Gasteiger partial charge in [0.05, 0.1) is 6.07 Å². The van der Waals surface area contributed by atoms with Crippen molar-refractivity contribution in [3.63, 3.8) is 0 Å². The molecule has 1 aliphatic heterocycles. The molecule has 2 unspecified atom stereocenters. The van der Waals surface area contributed by atoms with Crippen molar-refractivity contribution in [3.8, 4) is 6.07 Å². The molecule has 1 aromatic carbocycles. The van der Waals surface area contributed by atoms with E-state index in [1.54, 1.807) is 31.2 Å². The molecule has 2 atom stereocenters. The van der Waals surface area contributed by atoms with Crippen LogP contribution in [0.25, 0.3) is 0 Å². The van der Waals surface area contributed by atoms with Gasteiger partial charge in [-0.25, -0.2) is 0 Å². The molecule has 1 aliphatic rings. The van der Waals surface area contributed by atoms with Gasteiger partial charge in [-0.1, -0.05) is 37.3 Å². The highest BCUT2D eigenvalue weighted by atomic mass is 16.2. The summed E-state index contributed by atoms with van der Waals surface area (Å²) in [6, 6.07) is 10.1. The van der Waals surface area contributed by atoms with Gasteiger partial charge in [0.25, 0.3) is 0 Å². The molecule has 0 saturated carbocycles. The molecular formula is C13H12N2O2. The molecule has 4 nitrogen and oxygen atoms in total. The number of benzene rings is 1. The van der Waals surface area contributed by atoms with Crippen LogP contribution in [0.1, 0.15) is 24.9 Å². The first-order valence-electron chi connectivity index (χ1n) is 5.45. The van der Waals surface area contributed by atoms with Gasteiger partial charge in [-0.3, -0.25) is 14.5 Å². The van der Waals surface area contributed by atoms with Crippen molar-refractivity contribution in [3.05, 3.63) is 35.9 Å². The van der Waals surface area contributed by atoms with Gasteiger partial charge in [-0.2, -0.15) is 5.26 Å². The SMILES string of the molecule is CC1CC(=O)N(C(C#N)c2ccccc2)C1=O. The predicted molar refractivity (Wildman–Crippen MR) is 60.4 cm³/mol. The monoisotopic (exact) mass is 228 g/mol. The van der Waals surface area contributed by atoms with Crippen molar-refractivity contribution in [2.75, 3.05) is 0 Å². The second-order valence-electron chi connectivity index (χ2n) is 4.15. The maximum absolute atomic E-state index is 11.8. The number of carbonyl (C=O) groups excluding carboxylic acids is 2. The van der Waals surface area contributed by atoms with Crippen LogP contribution in [-0.4, -0.2) is 16.7 Å². The predicted octanol–water partition coefficient (Wildman–Crippen LogP) is 1.65. The van der Waals surface area contributed by atoms with Crippen LogP contribution in [-0.2, 0) is 9.59 Å². The minimum absolute atomic E-state index is 0.198. The van der Waals surface area contributed by atoms with E-state index in [0.717, 1.165) is 4.90 Å². The quantitative estimate of drug-likeness (QED) is 0.723. The summed E-state index contributed by atoms with van der Waals surface area (Å²) in [7, 11) is 0. The molecule has 0 N–H and O–H groups in total. The molecule has 0 bridgehead atoms. The Hall–Kier alpha value is -2.15. The summed E-state index contributed by atoms with van der Waals surface area (Å²) in [6.45, 7) is 1.71. The molecule has 1 fully saturated rings. The zero-order valence-electron chi connectivity index (χ0n) is 9.46. The second kappa shape index (κ2) is 4.38. The number of amides is 2. The largest absolute Gasteiger partial charge is 0.274 e. The van der Waals surface area contributed by atoms with Crippen LogP contribution in [0, 0.1) is 17.2 Å². The maximum atomic E-state index is 11.8. The third-order valence-corrected chi connectivity index (χ3v) is 2.90. The van der Waals surface area contributed by atoms with Gasteiger partial charge in [0, 0.05) is 12.3 Å². The van der Waals surface area contributed by atoms with E-state index < -0.39 is 6.04 Å². The highest BCUT2D eigenvalue weighted by Gasteiger charge is 2.40. The molecule has 0 aliphatic carbocycles. The molecule has 2 rings (SSSR count). The first kappa shape index (κ1) is 11.3. The fourth-order valence-electron chi connectivity index (χ4n) is 2.00. The van der Waals surface area contributed by atoms with Crippen molar-refractivity contribution >= 4 is 11.8 Å². The van der Waals surface area contributed by atoms with E-state index in [1.165, 1.54) is 0 Å². The van der Waals surface area contributed by atoms with Crippen LogP contribution in [0.2, 0.25) is 0 Å². The molecular weight excluding hydrogens is 216 g/mol. The number of rotatable bonds is 2. The number of carbonyl (C=O) groups is 2. The minimum Gasteiger partial charge on any atom is -0.274 e. The standard InChI is InChI=1S/C13H12N2O2/c1-9-7-12(16)15(13(9)17)11(8-14)10-5-3-2-4-6-10/h2-6,9,11H,7H2,1H3. The van der Waals surface area contributed by atoms with Crippen molar-refractivity contribution in [2.45, 2.75) is 19.4 Å². The van der Waals surface area contributed by atoms with Gasteiger partial charge in [0.2, 0.25) is 11.8 Å². The molecule has 0 spiro atoms. The Kier molecular flexibility index (Phi) is 2.92. The lowest BCUT2D eigenvalue weighted by Gasteiger charge is -2.20. The molecule has 0 radical (unpaired) electrons. The normalized spacial score (nSPS) is 21.4.